The lowest BCUT2D eigenvalue weighted by Gasteiger charge is -2.19. The molecule has 2 aromatic carbocycles. The van der Waals surface area contributed by atoms with E-state index < -0.39 is 18.0 Å². The maximum absolute atomic E-state index is 12.6. The van der Waals surface area contributed by atoms with E-state index in [9.17, 15) is 14.4 Å². The van der Waals surface area contributed by atoms with Crippen LogP contribution in [0.5, 0.6) is 5.75 Å². The van der Waals surface area contributed by atoms with Crippen LogP contribution < -0.4 is 9.64 Å². The summed E-state index contributed by atoms with van der Waals surface area (Å²) < 4.78 is 10.6. The van der Waals surface area contributed by atoms with Crippen LogP contribution in [-0.2, 0) is 14.3 Å². The van der Waals surface area contributed by atoms with Crippen LogP contribution >= 0.6 is 0 Å². The zero-order valence-corrected chi connectivity index (χ0v) is 16.0. The lowest BCUT2D eigenvalue weighted by atomic mass is 10.0. The Hall–Kier alpha value is -3.15. The minimum absolute atomic E-state index is 0.0703. The number of amides is 1. The lowest BCUT2D eigenvalue weighted by molar-refractivity contribution is -0.151. The highest BCUT2D eigenvalue weighted by molar-refractivity contribution is 6.02. The van der Waals surface area contributed by atoms with Gasteiger partial charge >= 0.3 is 5.97 Å². The van der Waals surface area contributed by atoms with Crippen LogP contribution in [0.15, 0.2) is 54.6 Å². The molecule has 1 aliphatic rings. The summed E-state index contributed by atoms with van der Waals surface area (Å²) in [7, 11) is 1.57. The first-order chi connectivity index (χ1) is 13.5. The number of nitrogens with zero attached hydrogens (tertiary/aromatic N) is 1. The minimum atomic E-state index is -0.847. The van der Waals surface area contributed by atoms with Crippen molar-refractivity contribution in [2.45, 2.75) is 25.9 Å². The molecule has 6 nitrogen and oxygen atoms in total. The van der Waals surface area contributed by atoms with Gasteiger partial charge in [-0.05, 0) is 30.7 Å². The fourth-order valence-corrected chi connectivity index (χ4v) is 3.22. The first-order valence-corrected chi connectivity index (χ1v) is 9.27. The highest BCUT2D eigenvalue weighted by Crippen LogP contribution is 2.28. The number of hydrogen-bond acceptors (Lipinski definition) is 5. The largest absolute Gasteiger partial charge is 0.497 e. The number of methoxy groups -OCH3 is 1. The van der Waals surface area contributed by atoms with Crippen LogP contribution in [-0.4, -0.2) is 37.4 Å². The summed E-state index contributed by atoms with van der Waals surface area (Å²) in [6.07, 6.45) is -0.400. The number of anilines is 1. The third kappa shape index (κ3) is 4.22. The Morgan fingerprint density at radius 1 is 1.11 bits per heavy atom. The number of carbonyl (C=O) groups excluding carboxylic acids is 3. The Morgan fingerprint density at radius 2 is 1.79 bits per heavy atom. The van der Waals surface area contributed by atoms with Gasteiger partial charge in [0.05, 0.1) is 13.0 Å². The molecule has 0 aliphatic carbocycles. The summed E-state index contributed by atoms with van der Waals surface area (Å²) in [6, 6.07) is 15.8. The summed E-state index contributed by atoms with van der Waals surface area (Å²) in [5.41, 5.74) is 1.21. The molecule has 1 saturated heterocycles. The molecule has 0 aromatic heterocycles. The van der Waals surface area contributed by atoms with E-state index in [-0.39, 0.29) is 24.7 Å². The second kappa shape index (κ2) is 8.69. The fourth-order valence-electron chi connectivity index (χ4n) is 3.22. The molecule has 146 valence electrons. The number of benzene rings is 2. The minimum Gasteiger partial charge on any atom is -0.497 e. The maximum Gasteiger partial charge on any atom is 0.312 e. The first-order valence-electron chi connectivity index (χ1n) is 9.27. The van der Waals surface area contributed by atoms with E-state index in [2.05, 4.69) is 0 Å². The van der Waals surface area contributed by atoms with Crippen LogP contribution in [0.1, 0.15) is 30.1 Å². The molecule has 1 heterocycles. The fraction of sp³-hybridized carbons (Fsp3) is 0.318. The van der Waals surface area contributed by atoms with Crippen LogP contribution in [0.4, 0.5) is 5.69 Å². The summed E-state index contributed by atoms with van der Waals surface area (Å²) >= 11 is 0. The topological polar surface area (TPSA) is 72.9 Å². The lowest BCUT2D eigenvalue weighted by Crippen LogP contribution is -2.31. The summed E-state index contributed by atoms with van der Waals surface area (Å²) in [6.45, 7) is 2.03. The number of hydrogen-bond donors (Lipinski definition) is 0. The molecular weight excluding hydrogens is 358 g/mol. The molecule has 28 heavy (non-hydrogen) atoms. The van der Waals surface area contributed by atoms with Gasteiger partial charge < -0.3 is 14.4 Å². The molecule has 3 rings (SSSR count). The molecule has 6 heteroatoms. The maximum atomic E-state index is 12.6. The van der Waals surface area contributed by atoms with Gasteiger partial charge in [-0.1, -0.05) is 37.3 Å². The molecule has 0 N–H and O–H groups in total. The summed E-state index contributed by atoms with van der Waals surface area (Å²) in [4.78, 5) is 39.1. The van der Waals surface area contributed by atoms with Crippen molar-refractivity contribution < 1.29 is 23.9 Å². The summed E-state index contributed by atoms with van der Waals surface area (Å²) in [5, 5.41) is 0. The molecule has 0 saturated carbocycles. The van der Waals surface area contributed by atoms with Crippen LogP contribution in [0.2, 0.25) is 0 Å². The smallest absolute Gasteiger partial charge is 0.312 e. The molecule has 2 aromatic rings. The van der Waals surface area contributed by atoms with Crippen molar-refractivity contribution in [3.05, 3.63) is 60.2 Å². The number of ketones is 1. The van der Waals surface area contributed by atoms with Gasteiger partial charge in [-0.25, -0.2) is 0 Å². The zero-order valence-electron chi connectivity index (χ0n) is 16.0. The Balaban J connectivity index is 1.65. The molecular formula is C22H23NO5. The average molecular weight is 381 g/mol. The predicted octanol–water partition coefficient (Wildman–Crippen LogP) is 3.25. The van der Waals surface area contributed by atoms with Crippen LogP contribution in [0.25, 0.3) is 0 Å². The van der Waals surface area contributed by atoms with Crippen molar-refractivity contribution in [1.82, 2.24) is 0 Å². The van der Waals surface area contributed by atoms with Crippen molar-refractivity contribution >= 4 is 23.3 Å². The third-order valence-corrected chi connectivity index (χ3v) is 4.82. The Morgan fingerprint density at radius 3 is 2.39 bits per heavy atom. The second-order valence-corrected chi connectivity index (χ2v) is 6.67. The molecule has 0 radical (unpaired) electrons. The SMILES string of the molecule is CC[C@@H](OC(=O)[C@H]1CC(=O)N(c2ccc(OC)cc2)C1)C(=O)c1ccccc1. The van der Waals surface area contributed by atoms with Gasteiger partial charge in [0.25, 0.3) is 0 Å². The Bertz CT molecular complexity index is 847. The standard InChI is InChI=1S/C22H23NO5/c1-3-19(21(25)15-7-5-4-6-8-15)28-22(26)16-13-20(24)23(14-16)17-9-11-18(27-2)12-10-17/h4-12,16,19H,3,13-14H2,1-2H3/t16-,19+/m0/s1. The normalized spacial score (nSPS) is 17.3. The summed E-state index contributed by atoms with van der Waals surface area (Å²) in [5.74, 6) is -0.786. The second-order valence-electron chi connectivity index (χ2n) is 6.67. The number of esters is 1. The van der Waals surface area contributed by atoms with E-state index in [0.717, 1.165) is 0 Å². The van der Waals surface area contributed by atoms with E-state index in [1.54, 1.807) is 67.5 Å². The number of ether oxygens (including phenoxy) is 2. The molecule has 1 amide bonds. The van der Waals surface area contributed by atoms with E-state index in [0.29, 0.717) is 23.4 Å². The quantitative estimate of drug-likeness (QED) is 0.544. The van der Waals surface area contributed by atoms with Gasteiger partial charge in [-0.3, -0.25) is 14.4 Å². The van der Waals surface area contributed by atoms with Crippen molar-refractivity contribution in [3.63, 3.8) is 0 Å². The van der Waals surface area contributed by atoms with Gasteiger partial charge in [0.2, 0.25) is 11.7 Å². The van der Waals surface area contributed by atoms with Gasteiger partial charge in [-0.15, -0.1) is 0 Å². The first kappa shape index (κ1) is 19.6. The highest BCUT2D eigenvalue weighted by atomic mass is 16.5. The molecule has 0 unspecified atom stereocenters. The molecule has 0 bridgehead atoms. The van der Waals surface area contributed by atoms with Crippen molar-refractivity contribution in [3.8, 4) is 5.75 Å². The molecule has 1 aliphatic heterocycles. The van der Waals surface area contributed by atoms with Gasteiger partial charge in [0.15, 0.2) is 6.10 Å². The molecule has 0 spiro atoms. The van der Waals surface area contributed by atoms with E-state index >= 15 is 0 Å². The average Bonchev–Trinajstić information content (AvgIpc) is 3.13. The van der Waals surface area contributed by atoms with Crippen LogP contribution in [0, 0.1) is 5.92 Å². The van der Waals surface area contributed by atoms with Crippen molar-refractivity contribution in [2.24, 2.45) is 5.92 Å². The zero-order chi connectivity index (χ0) is 20.1. The van der Waals surface area contributed by atoms with Crippen LogP contribution in [0.3, 0.4) is 0 Å². The predicted molar refractivity (Wildman–Crippen MR) is 104 cm³/mol. The van der Waals surface area contributed by atoms with E-state index in [1.165, 1.54) is 0 Å². The van der Waals surface area contributed by atoms with Gasteiger partial charge in [0, 0.05) is 24.2 Å². The van der Waals surface area contributed by atoms with Crippen molar-refractivity contribution in [1.29, 1.82) is 0 Å². The number of carbonyl (C=O) groups is 3. The van der Waals surface area contributed by atoms with Crippen molar-refractivity contribution in [2.75, 3.05) is 18.6 Å². The molecule has 2 atom stereocenters. The third-order valence-electron chi connectivity index (χ3n) is 4.82. The number of Topliss-reactive ketones (excluding diaryl/α,β-unsaturated/α-hetero) is 1. The monoisotopic (exact) mass is 381 g/mol. The molecule has 1 fully saturated rings. The highest BCUT2D eigenvalue weighted by Gasteiger charge is 2.37. The van der Waals surface area contributed by atoms with E-state index in [4.69, 9.17) is 9.47 Å². The van der Waals surface area contributed by atoms with Gasteiger partial charge in [-0.2, -0.15) is 0 Å². The number of rotatable bonds is 7. The Kier molecular flexibility index (Phi) is 6.09. The Labute approximate surface area is 164 Å². The van der Waals surface area contributed by atoms with Gasteiger partial charge in [0.1, 0.15) is 5.75 Å². The van der Waals surface area contributed by atoms with E-state index in [1.807, 2.05) is 6.07 Å².